The lowest BCUT2D eigenvalue weighted by atomic mass is 9.82. The van der Waals surface area contributed by atoms with Crippen LogP contribution in [0.2, 0.25) is 0 Å². The summed E-state index contributed by atoms with van der Waals surface area (Å²) >= 11 is 3.40. The Morgan fingerprint density at radius 3 is 2.60 bits per heavy atom. The van der Waals surface area contributed by atoms with Crippen LogP contribution in [0, 0.1) is 0 Å². The van der Waals surface area contributed by atoms with Crippen LogP contribution in [0.25, 0.3) is 0 Å². The first-order chi connectivity index (χ1) is 11.9. The van der Waals surface area contributed by atoms with Gasteiger partial charge < -0.3 is 25.3 Å². The van der Waals surface area contributed by atoms with Crippen LogP contribution in [-0.2, 0) is 19.1 Å². The van der Waals surface area contributed by atoms with E-state index in [1.807, 2.05) is 0 Å². The van der Waals surface area contributed by atoms with E-state index in [4.69, 9.17) is 19.9 Å². The van der Waals surface area contributed by atoms with Crippen LogP contribution in [0.5, 0.6) is 5.75 Å². The van der Waals surface area contributed by atoms with E-state index in [0.717, 1.165) is 4.47 Å². The van der Waals surface area contributed by atoms with Gasteiger partial charge in [0, 0.05) is 10.0 Å². The fourth-order valence-corrected chi connectivity index (χ4v) is 3.15. The quantitative estimate of drug-likeness (QED) is 0.687. The second-order valence-corrected chi connectivity index (χ2v) is 6.19. The van der Waals surface area contributed by atoms with Gasteiger partial charge in [0.15, 0.2) is 0 Å². The molecule has 3 N–H and O–H groups in total. The number of likely N-dealkylation sites (N-methyl/N-ethyl adjacent to an activating group) is 1. The lowest BCUT2D eigenvalue weighted by molar-refractivity contribution is -0.146. The first kappa shape index (κ1) is 19.3. The number of hydrogen-bond donors (Lipinski definition) is 2. The number of nitrogens with one attached hydrogen (secondary N) is 1. The molecular formula is C17H21BrN2O5. The average molecular weight is 413 g/mol. The molecular weight excluding hydrogens is 392 g/mol. The van der Waals surface area contributed by atoms with Gasteiger partial charge in [0.2, 0.25) is 5.88 Å². The fourth-order valence-electron chi connectivity index (χ4n) is 2.77. The van der Waals surface area contributed by atoms with Gasteiger partial charge in [-0.25, -0.2) is 4.79 Å². The van der Waals surface area contributed by atoms with Gasteiger partial charge in [-0.15, -0.1) is 0 Å². The molecule has 2 atom stereocenters. The molecule has 1 aromatic carbocycles. The molecule has 8 heteroatoms. The standard InChI is InChI=1S/C17H21BrN2O5/c1-4-23-16(21)13-12(14(20-3)17(22)24-5-2)10-8-9(18)6-7-11(10)25-15(13)19/h6-8,12,14,20H,4-5,19H2,1-3H3. The summed E-state index contributed by atoms with van der Waals surface area (Å²) in [6, 6.07) is 4.47. The molecule has 0 bridgehead atoms. The van der Waals surface area contributed by atoms with Crippen LogP contribution in [-0.4, -0.2) is 38.2 Å². The Kier molecular flexibility index (Phi) is 6.44. The van der Waals surface area contributed by atoms with E-state index in [-0.39, 0.29) is 24.7 Å². The second-order valence-electron chi connectivity index (χ2n) is 5.28. The van der Waals surface area contributed by atoms with Gasteiger partial charge in [0.05, 0.1) is 19.1 Å². The summed E-state index contributed by atoms with van der Waals surface area (Å²) in [5, 5.41) is 2.92. The minimum atomic E-state index is -0.824. The van der Waals surface area contributed by atoms with E-state index in [1.165, 1.54) is 0 Å². The molecule has 1 aliphatic rings. The molecule has 0 radical (unpaired) electrons. The van der Waals surface area contributed by atoms with Crippen molar-refractivity contribution in [3.63, 3.8) is 0 Å². The molecule has 0 fully saturated rings. The first-order valence-corrected chi connectivity index (χ1v) is 8.71. The number of nitrogens with two attached hydrogens (primary N) is 1. The topological polar surface area (TPSA) is 99.9 Å². The molecule has 0 saturated heterocycles. The Morgan fingerprint density at radius 2 is 2.00 bits per heavy atom. The third kappa shape index (κ3) is 3.96. The van der Waals surface area contributed by atoms with E-state index >= 15 is 0 Å². The zero-order valence-electron chi connectivity index (χ0n) is 14.3. The lowest BCUT2D eigenvalue weighted by Gasteiger charge is -2.32. The summed E-state index contributed by atoms with van der Waals surface area (Å²) in [4.78, 5) is 24.9. The molecule has 136 valence electrons. The lowest BCUT2D eigenvalue weighted by Crippen LogP contribution is -2.45. The predicted molar refractivity (Wildman–Crippen MR) is 94.8 cm³/mol. The summed E-state index contributed by atoms with van der Waals surface area (Å²) in [7, 11) is 1.62. The summed E-state index contributed by atoms with van der Waals surface area (Å²) in [6.45, 7) is 3.81. The first-order valence-electron chi connectivity index (χ1n) is 7.92. The summed E-state index contributed by atoms with van der Waals surface area (Å²) in [5.41, 5.74) is 6.72. The Balaban J connectivity index is 2.60. The molecule has 1 heterocycles. The Hall–Kier alpha value is -2.06. The highest BCUT2D eigenvalue weighted by atomic mass is 79.9. The van der Waals surface area contributed by atoms with E-state index < -0.39 is 23.9 Å². The minimum Gasteiger partial charge on any atom is -0.465 e. The van der Waals surface area contributed by atoms with Gasteiger partial charge in [0.1, 0.15) is 17.4 Å². The van der Waals surface area contributed by atoms with Crippen LogP contribution >= 0.6 is 15.9 Å². The zero-order valence-corrected chi connectivity index (χ0v) is 15.9. The molecule has 2 rings (SSSR count). The Morgan fingerprint density at radius 1 is 1.32 bits per heavy atom. The van der Waals surface area contributed by atoms with Gasteiger partial charge in [0.25, 0.3) is 0 Å². The highest BCUT2D eigenvalue weighted by Crippen LogP contribution is 2.42. The molecule has 0 saturated carbocycles. The summed E-state index contributed by atoms with van der Waals surface area (Å²) < 4.78 is 16.6. The highest BCUT2D eigenvalue weighted by Gasteiger charge is 2.42. The monoisotopic (exact) mass is 412 g/mol. The maximum atomic E-state index is 12.5. The van der Waals surface area contributed by atoms with E-state index in [2.05, 4.69) is 21.2 Å². The van der Waals surface area contributed by atoms with Crippen molar-refractivity contribution >= 4 is 27.9 Å². The van der Waals surface area contributed by atoms with Crippen molar-refractivity contribution in [3.05, 3.63) is 39.7 Å². The fraction of sp³-hybridized carbons (Fsp3) is 0.412. The molecule has 2 unspecified atom stereocenters. The number of halogens is 1. The van der Waals surface area contributed by atoms with Gasteiger partial charge in [-0.3, -0.25) is 4.79 Å². The molecule has 1 aromatic rings. The number of fused-ring (bicyclic) bond motifs is 1. The molecule has 1 aliphatic heterocycles. The minimum absolute atomic E-state index is 0.0807. The number of hydrogen-bond acceptors (Lipinski definition) is 7. The van der Waals surface area contributed by atoms with E-state index in [1.54, 1.807) is 39.1 Å². The van der Waals surface area contributed by atoms with Crippen LogP contribution in [0.3, 0.4) is 0 Å². The summed E-state index contributed by atoms with van der Waals surface area (Å²) in [6.07, 6.45) is 0. The van der Waals surface area contributed by atoms with E-state index in [9.17, 15) is 9.59 Å². The Bertz CT molecular complexity index is 704. The third-order valence-corrected chi connectivity index (χ3v) is 4.28. The summed E-state index contributed by atoms with van der Waals surface area (Å²) in [5.74, 6) is -1.42. The Labute approximate surface area is 154 Å². The van der Waals surface area contributed by atoms with Crippen LogP contribution in [0.1, 0.15) is 25.3 Å². The third-order valence-electron chi connectivity index (χ3n) is 3.78. The molecule has 7 nitrogen and oxygen atoms in total. The maximum Gasteiger partial charge on any atom is 0.340 e. The van der Waals surface area contributed by atoms with Crippen molar-refractivity contribution in [1.82, 2.24) is 5.32 Å². The number of benzene rings is 1. The number of ether oxygens (including phenoxy) is 3. The van der Waals surface area contributed by atoms with Crippen molar-refractivity contribution in [2.24, 2.45) is 5.73 Å². The van der Waals surface area contributed by atoms with Crippen LogP contribution < -0.4 is 15.8 Å². The van der Waals surface area contributed by atoms with Crippen molar-refractivity contribution in [2.45, 2.75) is 25.8 Å². The highest BCUT2D eigenvalue weighted by molar-refractivity contribution is 9.10. The van der Waals surface area contributed by atoms with Crippen molar-refractivity contribution in [3.8, 4) is 5.75 Å². The predicted octanol–water partition coefficient (Wildman–Crippen LogP) is 1.81. The van der Waals surface area contributed by atoms with Crippen molar-refractivity contribution in [2.75, 3.05) is 20.3 Å². The van der Waals surface area contributed by atoms with Gasteiger partial charge in [-0.2, -0.15) is 0 Å². The largest absolute Gasteiger partial charge is 0.465 e. The SMILES string of the molecule is CCOC(=O)C1=C(N)Oc2ccc(Br)cc2C1C(NC)C(=O)OCC. The molecule has 0 aliphatic carbocycles. The van der Waals surface area contributed by atoms with Gasteiger partial charge in [-0.1, -0.05) is 15.9 Å². The second kappa shape index (κ2) is 8.35. The normalized spacial score (nSPS) is 17.4. The van der Waals surface area contributed by atoms with Crippen LogP contribution in [0.4, 0.5) is 0 Å². The van der Waals surface area contributed by atoms with E-state index in [0.29, 0.717) is 11.3 Å². The molecule has 25 heavy (non-hydrogen) atoms. The zero-order chi connectivity index (χ0) is 18.6. The number of carbonyl (C=O) groups is 2. The number of esters is 2. The molecule has 0 amide bonds. The molecule has 0 spiro atoms. The number of carbonyl (C=O) groups excluding carboxylic acids is 2. The van der Waals surface area contributed by atoms with Crippen molar-refractivity contribution < 1.29 is 23.8 Å². The van der Waals surface area contributed by atoms with Gasteiger partial charge in [-0.05, 0) is 39.1 Å². The number of rotatable bonds is 6. The smallest absolute Gasteiger partial charge is 0.340 e. The maximum absolute atomic E-state index is 12.5. The van der Waals surface area contributed by atoms with Crippen LogP contribution in [0.15, 0.2) is 34.1 Å². The molecule has 0 aromatic heterocycles. The van der Waals surface area contributed by atoms with Gasteiger partial charge >= 0.3 is 11.9 Å². The van der Waals surface area contributed by atoms with Crippen molar-refractivity contribution in [1.29, 1.82) is 0 Å². The average Bonchev–Trinajstić information content (AvgIpc) is 2.56.